The summed E-state index contributed by atoms with van der Waals surface area (Å²) in [5, 5.41) is 0. The fraction of sp³-hybridized carbons (Fsp3) is 0.391. The van der Waals surface area contributed by atoms with E-state index >= 15 is 0 Å². The number of fused-ring (bicyclic) bond motifs is 2. The Morgan fingerprint density at radius 3 is 2.28 bits per heavy atom. The first-order valence-electron chi connectivity index (χ1n) is 9.92. The van der Waals surface area contributed by atoms with Crippen molar-refractivity contribution < 1.29 is 19.1 Å². The summed E-state index contributed by atoms with van der Waals surface area (Å²) >= 11 is 0. The Morgan fingerprint density at radius 1 is 1.03 bits per heavy atom. The van der Waals surface area contributed by atoms with Crippen LogP contribution in [0.5, 0.6) is 11.5 Å². The quantitative estimate of drug-likeness (QED) is 0.645. The molecular weight excluding hydrogens is 368 g/mol. The number of carbonyl (C=O) groups excluding carboxylic acids is 2. The Labute approximate surface area is 171 Å². The lowest BCUT2D eigenvalue weighted by Gasteiger charge is -2.34. The normalized spacial score (nSPS) is 17.2. The number of hydrogen-bond donors (Lipinski definition) is 0. The van der Waals surface area contributed by atoms with Gasteiger partial charge in [0.05, 0.1) is 25.3 Å². The number of nitrogens with zero attached hydrogens (tertiary/aromatic N) is 2. The smallest absolute Gasteiger partial charge is 0.261 e. The third-order valence-electron chi connectivity index (χ3n) is 5.88. The molecule has 0 saturated carbocycles. The van der Waals surface area contributed by atoms with Crippen LogP contribution < -0.4 is 9.47 Å². The maximum Gasteiger partial charge on any atom is 0.261 e. The molecule has 0 radical (unpaired) electrons. The molecule has 29 heavy (non-hydrogen) atoms. The van der Waals surface area contributed by atoms with Crippen LogP contribution in [0.3, 0.4) is 0 Å². The Kier molecular flexibility index (Phi) is 5.28. The highest BCUT2D eigenvalue weighted by Crippen LogP contribution is 2.42. The lowest BCUT2D eigenvalue weighted by molar-refractivity contribution is 0.0648. The second-order valence-corrected chi connectivity index (χ2v) is 7.73. The molecule has 0 N–H and O–H groups in total. The van der Waals surface area contributed by atoms with Crippen LogP contribution >= 0.6 is 0 Å². The number of ether oxygens (including phenoxy) is 2. The molecular formula is C23H26N2O4. The van der Waals surface area contributed by atoms with Gasteiger partial charge in [-0.3, -0.25) is 14.5 Å². The molecule has 0 saturated heterocycles. The molecule has 2 aliphatic rings. The topological polar surface area (TPSA) is 59.1 Å². The number of rotatable bonds is 8. The van der Waals surface area contributed by atoms with E-state index in [0.29, 0.717) is 23.6 Å². The lowest BCUT2D eigenvalue weighted by Crippen LogP contribution is -2.35. The van der Waals surface area contributed by atoms with Gasteiger partial charge in [0.2, 0.25) is 0 Å². The SMILES string of the molecule is COc1cc2c(cc1OC)[C@@H](CN(C)CCCN1C(=O)c3ccccc3C1=O)C2. The monoisotopic (exact) mass is 394 g/mol. The summed E-state index contributed by atoms with van der Waals surface area (Å²) in [7, 11) is 5.40. The third-order valence-corrected chi connectivity index (χ3v) is 5.88. The van der Waals surface area contributed by atoms with Gasteiger partial charge in [0.25, 0.3) is 11.8 Å². The summed E-state index contributed by atoms with van der Waals surface area (Å²) in [5.41, 5.74) is 3.66. The molecule has 152 valence electrons. The van der Waals surface area contributed by atoms with Crippen molar-refractivity contribution in [3.8, 4) is 11.5 Å². The van der Waals surface area contributed by atoms with Gasteiger partial charge >= 0.3 is 0 Å². The lowest BCUT2D eigenvalue weighted by atomic mass is 9.77. The predicted octanol–water partition coefficient (Wildman–Crippen LogP) is 2.96. The van der Waals surface area contributed by atoms with Gasteiger partial charge in [-0.15, -0.1) is 0 Å². The maximum absolute atomic E-state index is 12.4. The van der Waals surface area contributed by atoms with Crippen LogP contribution in [0.1, 0.15) is 44.2 Å². The molecule has 0 fully saturated rings. The molecule has 1 aliphatic carbocycles. The van der Waals surface area contributed by atoms with Crippen molar-refractivity contribution in [1.82, 2.24) is 9.80 Å². The van der Waals surface area contributed by atoms with Gasteiger partial charge in [-0.25, -0.2) is 0 Å². The van der Waals surface area contributed by atoms with Crippen molar-refractivity contribution in [2.75, 3.05) is 40.9 Å². The fourth-order valence-electron chi connectivity index (χ4n) is 4.31. The number of likely N-dealkylation sites (N-methyl/N-ethyl adjacent to an activating group) is 1. The molecule has 0 unspecified atom stereocenters. The van der Waals surface area contributed by atoms with Gasteiger partial charge in [-0.05, 0) is 61.8 Å². The van der Waals surface area contributed by atoms with E-state index in [0.717, 1.165) is 37.4 Å². The zero-order chi connectivity index (χ0) is 20.5. The van der Waals surface area contributed by atoms with Crippen molar-refractivity contribution in [3.05, 3.63) is 58.7 Å². The molecule has 2 aromatic rings. The largest absolute Gasteiger partial charge is 0.493 e. The van der Waals surface area contributed by atoms with Gasteiger partial charge in [0.15, 0.2) is 11.5 Å². The molecule has 1 atom stereocenters. The summed E-state index contributed by atoms with van der Waals surface area (Å²) in [6, 6.07) is 11.2. The molecule has 6 nitrogen and oxygen atoms in total. The Hall–Kier alpha value is -2.86. The van der Waals surface area contributed by atoms with Crippen molar-refractivity contribution >= 4 is 11.8 Å². The van der Waals surface area contributed by atoms with Crippen LogP contribution in [0, 0.1) is 0 Å². The minimum atomic E-state index is -0.179. The second kappa shape index (κ2) is 7.87. The van der Waals surface area contributed by atoms with Gasteiger partial charge in [-0.1, -0.05) is 12.1 Å². The highest BCUT2D eigenvalue weighted by Gasteiger charge is 2.34. The van der Waals surface area contributed by atoms with Crippen LogP contribution in [0.25, 0.3) is 0 Å². The molecule has 4 rings (SSSR count). The number of imide groups is 1. The Morgan fingerprint density at radius 2 is 1.66 bits per heavy atom. The zero-order valence-electron chi connectivity index (χ0n) is 17.1. The zero-order valence-corrected chi connectivity index (χ0v) is 17.1. The average Bonchev–Trinajstić information content (AvgIpc) is 2.96. The molecule has 0 spiro atoms. The van der Waals surface area contributed by atoms with Crippen LogP contribution in [-0.4, -0.2) is 62.5 Å². The highest BCUT2D eigenvalue weighted by atomic mass is 16.5. The van der Waals surface area contributed by atoms with Crippen molar-refractivity contribution in [1.29, 1.82) is 0 Å². The minimum Gasteiger partial charge on any atom is -0.493 e. The maximum atomic E-state index is 12.4. The summed E-state index contributed by atoms with van der Waals surface area (Å²) in [4.78, 5) is 28.5. The number of methoxy groups -OCH3 is 2. The highest BCUT2D eigenvalue weighted by molar-refractivity contribution is 6.21. The number of benzene rings is 2. The van der Waals surface area contributed by atoms with Crippen molar-refractivity contribution in [2.45, 2.75) is 18.8 Å². The van der Waals surface area contributed by atoms with Crippen LogP contribution in [0.2, 0.25) is 0 Å². The summed E-state index contributed by atoms with van der Waals surface area (Å²) in [5.74, 6) is 1.65. The Balaban J connectivity index is 1.29. The first kappa shape index (κ1) is 19.5. The van der Waals surface area contributed by atoms with E-state index in [1.807, 2.05) is 0 Å². The van der Waals surface area contributed by atoms with E-state index in [2.05, 4.69) is 24.1 Å². The van der Waals surface area contributed by atoms with E-state index in [4.69, 9.17) is 9.47 Å². The van der Waals surface area contributed by atoms with E-state index in [1.165, 1.54) is 16.0 Å². The van der Waals surface area contributed by atoms with Gasteiger partial charge in [-0.2, -0.15) is 0 Å². The summed E-state index contributed by atoms with van der Waals surface area (Å²) < 4.78 is 10.8. The first-order chi connectivity index (χ1) is 14.0. The van der Waals surface area contributed by atoms with Crippen molar-refractivity contribution in [2.24, 2.45) is 0 Å². The number of hydrogen-bond acceptors (Lipinski definition) is 5. The Bertz CT molecular complexity index is 921. The van der Waals surface area contributed by atoms with Gasteiger partial charge in [0, 0.05) is 19.0 Å². The molecule has 0 aromatic heterocycles. The van der Waals surface area contributed by atoms with E-state index in [1.54, 1.807) is 38.5 Å². The predicted molar refractivity (Wildman–Crippen MR) is 110 cm³/mol. The summed E-state index contributed by atoms with van der Waals surface area (Å²) in [6.07, 6.45) is 1.78. The number of amides is 2. The average molecular weight is 394 g/mol. The second-order valence-electron chi connectivity index (χ2n) is 7.73. The van der Waals surface area contributed by atoms with E-state index in [9.17, 15) is 9.59 Å². The van der Waals surface area contributed by atoms with Gasteiger partial charge < -0.3 is 14.4 Å². The summed E-state index contributed by atoms with van der Waals surface area (Å²) in [6.45, 7) is 2.21. The van der Waals surface area contributed by atoms with Gasteiger partial charge in [0.1, 0.15) is 0 Å². The third kappa shape index (κ3) is 3.49. The minimum absolute atomic E-state index is 0.179. The molecule has 1 aliphatic heterocycles. The van der Waals surface area contributed by atoms with Crippen LogP contribution in [-0.2, 0) is 6.42 Å². The van der Waals surface area contributed by atoms with Crippen LogP contribution in [0.4, 0.5) is 0 Å². The fourth-order valence-corrected chi connectivity index (χ4v) is 4.31. The van der Waals surface area contributed by atoms with E-state index in [-0.39, 0.29) is 11.8 Å². The van der Waals surface area contributed by atoms with Crippen LogP contribution in [0.15, 0.2) is 36.4 Å². The molecule has 2 amide bonds. The van der Waals surface area contributed by atoms with Crippen molar-refractivity contribution in [3.63, 3.8) is 0 Å². The molecule has 0 bridgehead atoms. The molecule has 2 aromatic carbocycles. The standard InChI is InChI=1S/C23H26N2O4/c1-24(14-16-11-15-12-20(28-2)21(29-3)13-19(15)16)9-6-10-25-22(26)17-7-4-5-8-18(17)23(25)27/h4-5,7-8,12-13,16H,6,9-11,14H2,1-3H3/t16-/m1/s1. The van der Waals surface area contributed by atoms with E-state index < -0.39 is 0 Å². The number of carbonyl (C=O) groups is 2. The first-order valence-corrected chi connectivity index (χ1v) is 9.92. The molecule has 6 heteroatoms. The molecule has 1 heterocycles.